The van der Waals surface area contributed by atoms with Crippen molar-refractivity contribution in [1.29, 1.82) is 0 Å². The molecule has 0 spiro atoms. The van der Waals surface area contributed by atoms with E-state index in [0.717, 1.165) is 15.6 Å². The second-order valence-electron chi connectivity index (χ2n) is 4.91. The first kappa shape index (κ1) is 17.0. The van der Waals surface area contributed by atoms with E-state index in [0.29, 0.717) is 11.4 Å². The lowest BCUT2D eigenvalue weighted by Gasteiger charge is -2.10. The van der Waals surface area contributed by atoms with E-state index in [9.17, 15) is 9.59 Å². The van der Waals surface area contributed by atoms with Gasteiger partial charge in [-0.25, -0.2) is 0 Å². The summed E-state index contributed by atoms with van der Waals surface area (Å²) in [6.45, 7) is 2.16. The first-order chi connectivity index (χ1) is 11.0. The fourth-order valence-electron chi connectivity index (χ4n) is 1.96. The molecule has 0 unspecified atom stereocenters. The molecule has 2 rings (SSSR count). The predicted octanol–water partition coefficient (Wildman–Crippen LogP) is 3.02. The maximum Gasteiger partial charge on any atom is 0.313 e. The Balaban J connectivity index is 1.95. The lowest BCUT2D eigenvalue weighted by Crippen LogP contribution is -2.35. The highest BCUT2D eigenvalue weighted by atomic mass is 79.9. The monoisotopic (exact) mass is 376 g/mol. The Bertz CT molecular complexity index is 732. The van der Waals surface area contributed by atoms with Gasteiger partial charge in [0.15, 0.2) is 0 Å². The molecule has 0 atom stereocenters. The van der Waals surface area contributed by atoms with Gasteiger partial charge in [-0.05, 0) is 30.7 Å². The Labute approximate surface area is 143 Å². The van der Waals surface area contributed by atoms with Gasteiger partial charge in [-0.2, -0.15) is 0 Å². The van der Waals surface area contributed by atoms with Gasteiger partial charge < -0.3 is 15.4 Å². The molecule has 2 aromatic rings. The molecule has 120 valence electrons. The van der Waals surface area contributed by atoms with Crippen LogP contribution in [-0.4, -0.2) is 18.9 Å². The zero-order valence-corrected chi connectivity index (χ0v) is 14.4. The second-order valence-corrected chi connectivity index (χ2v) is 5.77. The van der Waals surface area contributed by atoms with Crippen LogP contribution >= 0.6 is 15.9 Å². The van der Waals surface area contributed by atoms with Gasteiger partial charge in [0, 0.05) is 22.3 Å². The molecule has 23 heavy (non-hydrogen) atoms. The summed E-state index contributed by atoms with van der Waals surface area (Å²) in [7, 11) is 1.56. The molecule has 5 nitrogen and oxygen atoms in total. The first-order valence-corrected chi connectivity index (χ1v) is 7.78. The molecular formula is C17H17BrN2O3. The number of hydrogen-bond donors (Lipinski definition) is 2. The molecule has 0 bridgehead atoms. The Morgan fingerprint density at radius 1 is 1.13 bits per heavy atom. The lowest BCUT2D eigenvalue weighted by atomic mass is 10.2. The van der Waals surface area contributed by atoms with E-state index < -0.39 is 11.8 Å². The molecule has 6 heteroatoms. The summed E-state index contributed by atoms with van der Waals surface area (Å²) in [5.41, 5.74) is 2.40. The lowest BCUT2D eigenvalue weighted by molar-refractivity contribution is -0.136. The second kappa shape index (κ2) is 7.78. The van der Waals surface area contributed by atoms with Gasteiger partial charge in [-0.15, -0.1) is 0 Å². The zero-order valence-electron chi connectivity index (χ0n) is 12.9. The summed E-state index contributed by atoms with van der Waals surface area (Å²) in [6.07, 6.45) is 0. The molecule has 0 aliphatic carbocycles. The average molecular weight is 377 g/mol. The van der Waals surface area contributed by atoms with Crippen LogP contribution in [0.1, 0.15) is 11.1 Å². The van der Waals surface area contributed by atoms with Crippen molar-refractivity contribution in [3.05, 3.63) is 58.1 Å². The summed E-state index contributed by atoms with van der Waals surface area (Å²) >= 11 is 3.38. The minimum atomic E-state index is -0.712. The van der Waals surface area contributed by atoms with Gasteiger partial charge in [0.05, 0.1) is 7.11 Å². The van der Waals surface area contributed by atoms with E-state index >= 15 is 0 Å². The van der Waals surface area contributed by atoms with Crippen molar-refractivity contribution in [2.24, 2.45) is 0 Å². The number of halogens is 1. The average Bonchev–Trinajstić information content (AvgIpc) is 2.56. The third-order valence-corrected chi connectivity index (χ3v) is 4.12. The third kappa shape index (κ3) is 4.56. The number of carbonyl (C=O) groups is 2. The van der Waals surface area contributed by atoms with Gasteiger partial charge in [-0.3, -0.25) is 9.59 Å². The highest BCUT2D eigenvalue weighted by Gasteiger charge is 2.14. The van der Waals surface area contributed by atoms with Gasteiger partial charge >= 0.3 is 11.8 Å². The van der Waals surface area contributed by atoms with E-state index in [1.54, 1.807) is 25.3 Å². The summed E-state index contributed by atoms with van der Waals surface area (Å²) in [5, 5.41) is 5.14. The normalized spacial score (nSPS) is 10.0. The van der Waals surface area contributed by atoms with E-state index in [4.69, 9.17) is 4.74 Å². The minimum absolute atomic E-state index is 0.216. The number of rotatable bonds is 4. The van der Waals surface area contributed by atoms with Crippen LogP contribution in [0.2, 0.25) is 0 Å². The Kier molecular flexibility index (Phi) is 5.76. The van der Waals surface area contributed by atoms with Crippen molar-refractivity contribution < 1.29 is 14.3 Å². The van der Waals surface area contributed by atoms with Crippen LogP contribution in [0.3, 0.4) is 0 Å². The van der Waals surface area contributed by atoms with Gasteiger partial charge in [0.25, 0.3) is 0 Å². The number of carbonyl (C=O) groups excluding carboxylic acids is 2. The van der Waals surface area contributed by atoms with E-state index in [-0.39, 0.29) is 6.54 Å². The number of amides is 2. The smallest absolute Gasteiger partial charge is 0.313 e. The summed E-state index contributed by atoms with van der Waals surface area (Å²) in [5.74, 6) is -0.751. The molecule has 0 radical (unpaired) electrons. The number of para-hydroxylation sites is 1. The largest absolute Gasteiger partial charge is 0.496 e. The van der Waals surface area contributed by atoms with Crippen LogP contribution in [0.5, 0.6) is 5.75 Å². The van der Waals surface area contributed by atoms with Crippen LogP contribution in [0, 0.1) is 6.92 Å². The molecule has 0 saturated carbocycles. The molecule has 2 amide bonds. The van der Waals surface area contributed by atoms with E-state index in [1.807, 2.05) is 31.2 Å². The SMILES string of the molecule is COc1ccccc1CNC(=O)C(=O)Nc1ccc(C)c(Br)c1. The Morgan fingerprint density at radius 3 is 2.57 bits per heavy atom. The number of nitrogens with one attached hydrogen (secondary N) is 2. The number of anilines is 1. The van der Waals surface area contributed by atoms with Gasteiger partial charge in [0.2, 0.25) is 0 Å². The molecule has 2 N–H and O–H groups in total. The molecule has 0 heterocycles. The van der Waals surface area contributed by atoms with Crippen molar-refractivity contribution >= 4 is 33.4 Å². The standard InChI is InChI=1S/C17H17BrN2O3/c1-11-7-8-13(9-14(11)18)20-17(22)16(21)19-10-12-5-3-4-6-15(12)23-2/h3-9H,10H2,1-2H3,(H,19,21)(H,20,22). The first-order valence-electron chi connectivity index (χ1n) is 6.98. The van der Waals surface area contributed by atoms with Crippen LogP contribution in [0.15, 0.2) is 46.9 Å². The van der Waals surface area contributed by atoms with Crippen LogP contribution in [0.4, 0.5) is 5.69 Å². The van der Waals surface area contributed by atoms with Crippen LogP contribution in [-0.2, 0) is 16.1 Å². The van der Waals surface area contributed by atoms with Crippen molar-refractivity contribution in [1.82, 2.24) is 5.32 Å². The Morgan fingerprint density at radius 2 is 1.87 bits per heavy atom. The Hall–Kier alpha value is -2.34. The molecule has 0 aliphatic heterocycles. The van der Waals surface area contributed by atoms with Crippen molar-refractivity contribution in [3.8, 4) is 5.75 Å². The summed E-state index contributed by atoms with van der Waals surface area (Å²) in [4.78, 5) is 23.8. The van der Waals surface area contributed by atoms with E-state index in [2.05, 4.69) is 26.6 Å². The highest BCUT2D eigenvalue weighted by Crippen LogP contribution is 2.20. The quantitative estimate of drug-likeness (QED) is 0.805. The minimum Gasteiger partial charge on any atom is -0.496 e. The number of aryl methyl sites for hydroxylation is 1. The summed E-state index contributed by atoms with van der Waals surface area (Å²) < 4.78 is 6.07. The molecule has 0 saturated heterocycles. The number of ether oxygens (including phenoxy) is 1. The number of benzene rings is 2. The third-order valence-electron chi connectivity index (χ3n) is 3.27. The molecular weight excluding hydrogens is 360 g/mol. The number of hydrogen-bond acceptors (Lipinski definition) is 3. The van der Waals surface area contributed by atoms with Crippen molar-refractivity contribution in [2.75, 3.05) is 12.4 Å². The maximum atomic E-state index is 11.9. The van der Waals surface area contributed by atoms with E-state index in [1.165, 1.54) is 0 Å². The van der Waals surface area contributed by atoms with Crippen LogP contribution < -0.4 is 15.4 Å². The molecule has 0 fully saturated rings. The van der Waals surface area contributed by atoms with Crippen LogP contribution in [0.25, 0.3) is 0 Å². The maximum absolute atomic E-state index is 11.9. The van der Waals surface area contributed by atoms with Crippen molar-refractivity contribution in [2.45, 2.75) is 13.5 Å². The van der Waals surface area contributed by atoms with Crippen molar-refractivity contribution in [3.63, 3.8) is 0 Å². The van der Waals surface area contributed by atoms with Gasteiger partial charge in [0.1, 0.15) is 5.75 Å². The summed E-state index contributed by atoms with van der Waals surface area (Å²) in [6, 6.07) is 12.7. The fourth-order valence-corrected chi connectivity index (χ4v) is 2.34. The molecule has 0 aromatic heterocycles. The fraction of sp³-hybridized carbons (Fsp3) is 0.176. The predicted molar refractivity (Wildman–Crippen MR) is 92.3 cm³/mol. The topological polar surface area (TPSA) is 67.4 Å². The molecule has 0 aliphatic rings. The molecule has 2 aromatic carbocycles. The van der Waals surface area contributed by atoms with Gasteiger partial charge in [-0.1, -0.05) is 40.2 Å². The highest BCUT2D eigenvalue weighted by molar-refractivity contribution is 9.10. The zero-order chi connectivity index (χ0) is 16.8. The number of methoxy groups -OCH3 is 1.